The molecule has 6 nitrogen and oxygen atoms in total. The van der Waals surface area contributed by atoms with Gasteiger partial charge in [0.25, 0.3) is 5.91 Å². The van der Waals surface area contributed by atoms with Crippen LogP contribution in [0.1, 0.15) is 15.9 Å². The predicted molar refractivity (Wildman–Crippen MR) is 99.3 cm³/mol. The highest BCUT2D eigenvalue weighted by atomic mass is 16.6. The number of hydrazone groups is 1. The number of carbonyl (C=O) groups is 2. The molecule has 0 saturated heterocycles. The molecule has 0 fully saturated rings. The van der Waals surface area contributed by atoms with E-state index >= 15 is 0 Å². The van der Waals surface area contributed by atoms with Gasteiger partial charge in [-0.2, -0.15) is 5.10 Å². The minimum absolute atomic E-state index is 0.0808. The molecule has 0 unspecified atom stereocenters. The number of ether oxygens (including phenoxy) is 2. The number of hydrogen-bond acceptors (Lipinski definition) is 5. The van der Waals surface area contributed by atoms with Crippen molar-refractivity contribution < 1.29 is 19.1 Å². The van der Waals surface area contributed by atoms with E-state index in [0.717, 1.165) is 16.3 Å². The first-order valence-corrected chi connectivity index (χ1v) is 8.55. The number of amides is 1. The standard InChI is InChI=1S/C21H14N2O4/c24-20-14-8-4-6-12-5-3-7-13(18(12)14)19(20)22-23-21(25)17-11-26-15-9-1-2-10-16(15)27-17/h1-10,17H,11H2,(H,23,25)/b22-19-/t17-/m0/s1. The lowest BCUT2D eigenvalue weighted by atomic mass is 10.1. The van der Waals surface area contributed by atoms with Crippen LogP contribution in [0.3, 0.4) is 0 Å². The highest BCUT2D eigenvalue weighted by Gasteiger charge is 2.31. The molecule has 2 aliphatic rings. The zero-order chi connectivity index (χ0) is 18.4. The maximum atomic E-state index is 12.7. The SMILES string of the molecule is O=C1/C(=N\NC(=O)[C@@H]2COc3ccccc3O2)c2cccc3cccc1c23. The van der Waals surface area contributed by atoms with Gasteiger partial charge in [-0.3, -0.25) is 9.59 Å². The molecule has 1 N–H and O–H groups in total. The Kier molecular flexibility index (Phi) is 3.43. The Morgan fingerprint density at radius 2 is 1.70 bits per heavy atom. The van der Waals surface area contributed by atoms with Crippen molar-refractivity contribution in [3.05, 3.63) is 71.8 Å². The number of rotatable bonds is 2. The van der Waals surface area contributed by atoms with Gasteiger partial charge in [0, 0.05) is 16.5 Å². The van der Waals surface area contributed by atoms with Crippen LogP contribution in [0.5, 0.6) is 11.5 Å². The molecule has 1 aliphatic heterocycles. The number of nitrogens with one attached hydrogen (secondary N) is 1. The second-order valence-corrected chi connectivity index (χ2v) is 6.34. The third kappa shape index (κ3) is 2.45. The Morgan fingerprint density at radius 1 is 0.963 bits per heavy atom. The Balaban J connectivity index is 1.40. The van der Waals surface area contributed by atoms with Crippen LogP contribution in [0.2, 0.25) is 0 Å². The summed E-state index contributed by atoms with van der Waals surface area (Å²) in [7, 11) is 0. The molecule has 0 radical (unpaired) electrons. The fraction of sp³-hybridized carbons (Fsp3) is 0.0952. The second-order valence-electron chi connectivity index (χ2n) is 6.34. The minimum Gasteiger partial charge on any atom is -0.485 e. The number of nitrogens with zero attached hydrogens (tertiary/aromatic N) is 1. The number of ketones is 1. The van der Waals surface area contributed by atoms with Gasteiger partial charge < -0.3 is 9.47 Å². The minimum atomic E-state index is -0.834. The maximum absolute atomic E-state index is 12.7. The number of fused-ring (bicyclic) bond motifs is 1. The Hall–Kier alpha value is -3.67. The molecule has 0 saturated carbocycles. The highest BCUT2D eigenvalue weighted by molar-refractivity contribution is 6.59. The lowest BCUT2D eigenvalue weighted by Crippen LogP contribution is -2.42. The van der Waals surface area contributed by atoms with Gasteiger partial charge >= 0.3 is 0 Å². The molecule has 0 spiro atoms. The van der Waals surface area contributed by atoms with Crippen LogP contribution in [0.4, 0.5) is 0 Å². The normalized spacial score (nSPS) is 18.7. The van der Waals surface area contributed by atoms with Crippen LogP contribution >= 0.6 is 0 Å². The molecule has 3 aromatic rings. The molecule has 1 heterocycles. The third-order valence-corrected chi connectivity index (χ3v) is 4.70. The maximum Gasteiger partial charge on any atom is 0.284 e. The zero-order valence-electron chi connectivity index (χ0n) is 14.1. The zero-order valence-corrected chi connectivity index (χ0v) is 14.1. The molecule has 132 valence electrons. The van der Waals surface area contributed by atoms with Gasteiger partial charge in [-0.1, -0.05) is 48.5 Å². The van der Waals surface area contributed by atoms with Crippen molar-refractivity contribution in [2.24, 2.45) is 5.10 Å². The number of carbonyl (C=O) groups excluding carboxylic acids is 2. The molecule has 6 heteroatoms. The summed E-state index contributed by atoms with van der Waals surface area (Å²) in [6.07, 6.45) is -0.834. The summed E-state index contributed by atoms with van der Waals surface area (Å²) < 4.78 is 11.2. The molecule has 0 aromatic heterocycles. The van der Waals surface area contributed by atoms with Gasteiger partial charge in [0.05, 0.1) is 0 Å². The van der Waals surface area contributed by atoms with Crippen LogP contribution in [0.15, 0.2) is 65.8 Å². The molecular weight excluding hydrogens is 344 g/mol. The fourth-order valence-corrected chi connectivity index (χ4v) is 3.42. The van der Waals surface area contributed by atoms with Crippen LogP contribution in [0, 0.1) is 0 Å². The van der Waals surface area contributed by atoms with Crippen LogP contribution in [-0.4, -0.2) is 30.1 Å². The van der Waals surface area contributed by atoms with E-state index in [-0.39, 0.29) is 18.1 Å². The quantitative estimate of drug-likeness (QED) is 0.715. The van der Waals surface area contributed by atoms with Crippen molar-refractivity contribution in [2.45, 2.75) is 6.10 Å². The van der Waals surface area contributed by atoms with E-state index < -0.39 is 12.0 Å². The summed E-state index contributed by atoms with van der Waals surface area (Å²) >= 11 is 0. The predicted octanol–water partition coefficient (Wildman–Crippen LogP) is 2.70. The first-order chi connectivity index (χ1) is 13.2. The molecule has 5 rings (SSSR count). The first-order valence-electron chi connectivity index (χ1n) is 8.55. The first kappa shape index (κ1) is 15.6. The van der Waals surface area contributed by atoms with E-state index in [1.54, 1.807) is 24.3 Å². The highest BCUT2D eigenvalue weighted by Crippen LogP contribution is 2.32. The van der Waals surface area contributed by atoms with Gasteiger partial charge in [0.15, 0.2) is 11.5 Å². The van der Waals surface area contributed by atoms with Crippen molar-refractivity contribution >= 4 is 28.2 Å². The number of benzene rings is 3. The van der Waals surface area contributed by atoms with Gasteiger partial charge in [-0.15, -0.1) is 0 Å². The fourth-order valence-electron chi connectivity index (χ4n) is 3.42. The molecule has 3 aromatic carbocycles. The van der Waals surface area contributed by atoms with Crippen LogP contribution < -0.4 is 14.9 Å². The van der Waals surface area contributed by atoms with Crippen LogP contribution in [-0.2, 0) is 4.79 Å². The summed E-state index contributed by atoms with van der Waals surface area (Å²) in [5.41, 5.74) is 4.01. The van der Waals surface area contributed by atoms with Crippen LogP contribution in [0.25, 0.3) is 10.8 Å². The second kappa shape index (κ2) is 5.95. The summed E-state index contributed by atoms with van der Waals surface area (Å²) in [6, 6.07) is 18.3. The summed E-state index contributed by atoms with van der Waals surface area (Å²) in [6.45, 7) is 0.0808. The third-order valence-electron chi connectivity index (χ3n) is 4.70. The lowest BCUT2D eigenvalue weighted by Gasteiger charge is -2.24. The molecule has 1 amide bonds. The molecule has 0 bridgehead atoms. The average molecular weight is 358 g/mol. The molecule has 27 heavy (non-hydrogen) atoms. The topological polar surface area (TPSA) is 77.0 Å². The Bertz CT molecular complexity index is 1130. The van der Waals surface area contributed by atoms with E-state index in [9.17, 15) is 9.59 Å². The van der Waals surface area contributed by atoms with Gasteiger partial charge in [0.1, 0.15) is 12.3 Å². The van der Waals surface area contributed by atoms with Gasteiger partial charge in [-0.05, 0) is 17.5 Å². The molecule has 1 aliphatic carbocycles. The summed E-state index contributed by atoms with van der Waals surface area (Å²) in [4.78, 5) is 25.1. The van der Waals surface area contributed by atoms with E-state index in [2.05, 4.69) is 10.5 Å². The molecular formula is C21H14N2O4. The molecule has 1 atom stereocenters. The largest absolute Gasteiger partial charge is 0.485 e. The Labute approximate surface area is 154 Å². The smallest absolute Gasteiger partial charge is 0.284 e. The van der Waals surface area contributed by atoms with Crippen molar-refractivity contribution in [1.82, 2.24) is 5.43 Å². The van der Waals surface area contributed by atoms with E-state index in [4.69, 9.17) is 9.47 Å². The van der Waals surface area contributed by atoms with E-state index in [0.29, 0.717) is 17.1 Å². The number of para-hydroxylation sites is 2. The Morgan fingerprint density at radius 3 is 2.52 bits per heavy atom. The number of Topliss-reactive ketones (excluding diaryl/α,β-unsaturated/α-hetero) is 1. The monoisotopic (exact) mass is 358 g/mol. The van der Waals surface area contributed by atoms with Crippen molar-refractivity contribution in [3.8, 4) is 11.5 Å². The van der Waals surface area contributed by atoms with E-state index in [1.165, 1.54) is 0 Å². The van der Waals surface area contributed by atoms with Crippen molar-refractivity contribution in [3.63, 3.8) is 0 Å². The summed E-state index contributed by atoms with van der Waals surface area (Å²) in [5.74, 6) is 0.438. The van der Waals surface area contributed by atoms with E-state index in [1.807, 2.05) is 36.4 Å². The van der Waals surface area contributed by atoms with Gasteiger partial charge in [0.2, 0.25) is 11.9 Å². The average Bonchev–Trinajstić information content (AvgIpc) is 2.99. The summed E-state index contributed by atoms with van der Waals surface area (Å²) in [5, 5.41) is 5.94. The van der Waals surface area contributed by atoms with Crippen molar-refractivity contribution in [2.75, 3.05) is 6.61 Å². The van der Waals surface area contributed by atoms with Gasteiger partial charge in [-0.25, -0.2) is 5.43 Å². The number of hydrogen-bond donors (Lipinski definition) is 1. The van der Waals surface area contributed by atoms with Crippen molar-refractivity contribution in [1.29, 1.82) is 0 Å². The lowest BCUT2D eigenvalue weighted by molar-refractivity contribution is -0.130.